The molecule has 0 aliphatic carbocycles. The van der Waals surface area contributed by atoms with Crippen LogP contribution in [-0.2, 0) is 16.4 Å². The molecule has 0 bridgehead atoms. The van der Waals surface area contributed by atoms with Crippen molar-refractivity contribution in [3.05, 3.63) is 40.9 Å². The standard InChI is InChI=1S/C12H14BrN3O3S/c1-8(5-10-3-2-4-19-10)16-20(17,18)11-6-9(13)7-15-12(11)14/h2-4,6-8,16H,5H2,1H3,(H2,14,15). The molecule has 0 radical (unpaired) electrons. The number of rotatable bonds is 5. The maximum Gasteiger partial charge on any atom is 0.244 e. The highest BCUT2D eigenvalue weighted by Gasteiger charge is 2.21. The highest BCUT2D eigenvalue weighted by atomic mass is 79.9. The molecule has 0 amide bonds. The summed E-state index contributed by atoms with van der Waals surface area (Å²) in [6.07, 6.45) is 3.45. The summed E-state index contributed by atoms with van der Waals surface area (Å²) in [6.45, 7) is 1.75. The molecule has 0 fully saturated rings. The largest absolute Gasteiger partial charge is 0.469 e. The van der Waals surface area contributed by atoms with Crippen molar-refractivity contribution in [1.82, 2.24) is 9.71 Å². The Bertz CT molecular complexity index is 686. The van der Waals surface area contributed by atoms with E-state index in [4.69, 9.17) is 10.2 Å². The van der Waals surface area contributed by atoms with Gasteiger partial charge < -0.3 is 10.2 Å². The molecule has 2 heterocycles. The van der Waals surface area contributed by atoms with Gasteiger partial charge in [0.1, 0.15) is 16.5 Å². The lowest BCUT2D eigenvalue weighted by molar-refractivity contribution is 0.479. The van der Waals surface area contributed by atoms with Gasteiger partial charge in [-0.25, -0.2) is 18.1 Å². The summed E-state index contributed by atoms with van der Waals surface area (Å²) in [5.41, 5.74) is 5.62. The maximum atomic E-state index is 12.3. The molecule has 2 rings (SSSR count). The fourth-order valence-electron chi connectivity index (χ4n) is 1.75. The van der Waals surface area contributed by atoms with Crippen LogP contribution in [0.4, 0.5) is 5.82 Å². The lowest BCUT2D eigenvalue weighted by Gasteiger charge is -2.14. The normalized spacial score (nSPS) is 13.3. The number of nitrogens with one attached hydrogen (secondary N) is 1. The molecule has 20 heavy (non-hydrogen) atoms. The van der Waals surface area contributed by atoms with Crippen molar-refractivity contribution >= 4 is 31.8 Å². The van der Waals surface area contributed by atoms with Gasteiger partial charge in [-0.3, -0.25) is 0 Å². The van der Waals surface area contributed by atoms with E-state index in [2.05, 4.69) is 25.6 Å². The third-order valence-electron chi connectivity index (χ3n) is 2.58. The Labute approximate surface area is 125 Å². The Morgan fingerprint density at radius 2 is 2.30 bits per heavy atom. The molecular weight excluding hydrogens is 346 g/mol. The molecule has 0 spiro atoms. The Morgan fingerprint density at radius 1 is 1.55 bits per heavy atom. The molecule has 1 atom stereocenters. The van der Waals surface area contributed by atoms with Gasteiger partial charge in [0.05, 0.1) is 6.26 Å². The number of nitrogens with two attached hydrogens (primary N) is 1. The third-order valence-corrected chi connectivity index (χ3v) is 4.63. The molecule has 8 heteroatoms. The molecule has 6 nitrogen and oxygen atoms in total. The summed E-state index contributed by atoms with van der Waals surface area (Å²) in [4.78, 5) is 3.78. The van der Waals surface area contributed by atoms with Gasteiger partial charge in [-0.1, -0.05) is 0 Å². The fraction of sp³-hybridized carbons (Fsp3) is 0.250. The molecule has 2 aromatic heterocycles. The highest BCUT2D eigenvalue weighted by molar-refractivity contribution is 9.10. The lowest BCUT2D eigenvalue weighted by atomic mass is 10.2. The number of furan rings is 1. The van der Waals surface area contributed by atoms with Gasteiger partial charge in [0.2, 0.25) is 10.0 Å². The molecule has 0 aromatic carbocycles. The van der Waals surface area contributed by atoms with Gasteiger partial charge in [0.25, 0.3) is 0 Å². The van der Waals surface area contributed by atoms with E-state index in [-0.39, 0.29) is 16.8 Å². The first kappa shape index (κ1) is 15.0. The van der Waals surface area contributed by atoms with Crippen LogP contribution in [0.25, 0.3) is 0 Å². The lowest BCUT2D eigenvalue weighted by Crippen LogP contribution is -2.34. The van der Waals surface area contributed by atoms with Gasteiger partial charge in [-0.05, 0) is 41.1 Å². The molecule has 0 aliphatic rings. The minimum absolute atomic E-state index is 0.0362. The average Bonchev–Trinajstić information content (AvgIpc) is 2.84. The van der Waals surface area contributed by atoms with Crippen LogP contribution in [0, 0.1) is 0 Å². The number of nitrogens with zero attached hydrogens (tertiary/aromatic N) is 1. The minimum atomic E-state index is -3.73. The number of sulfonamides is 1. The number of anilines is 1. The van der Waals surface area contributed by atoms with Crippen LogP contribution in [0.3, 0.4) is 0 Å². The van der Waals surface area contributed by atoms with E-state index < -0.39 is 10.0 Å². The Hall–Kier alpha value is -1.38. The number of hydrogen-bond donors (Lipinski definition) is 2. The van der Waals surface area contributed by atoms with E-state index in [0.717, 1.165) is 0 Å². The zero-order chi connectivity index (χ0) is 14.8. The highest BCUT2D eigenvalue weighted by Crippen LogP contribution is 2.20. The Balaban J connectivity index is 2.16. The zero-order valence-electron chi connectivity index (χ0n) is 10.7. The van der Waals surface area contributed by atoms with E-state index in [1.54, 1.807) is 25.3 Å². The van der Waals surface area contributed by atoms with Crippen LogP contribution in [0.1, 0.15) is 12.7 Å². The van der Waals surface area contributed by atoms with Crippen molar-refractivity contribution < 1.29 is 12.8 Å². The topological polar surface area (TPSA) is 98.2 Å². The van der Waals surface area contributed by atoms with Crippen LogP contribution < -0.4 is 10.5 Å². The smallest absolute Gasteiger partial charge is 0.244 e. The molecular formula is C12H14BrN3O3S. The third kappa shape index (κ3) is 3.59. The fourth-order valence-corrected chi connectivity index (χ4v) is 3.58. The first-order chi connectivity index (χ1) is 9.38. The summed E-state index contributed by atoms with van der Waals surface area (Å²) in [7, 11) is -3.73. The number of pyridine rings is 1. The van der Waals surface area contributed by atoms with Gasteiger partial charge in [-0.2, -0.15) is 0 Å². The van der Waals surface area contributed by atoms with E-state index in [1.165, 1.54) is 12.3 Å². The van der Waals surface area contributed by atoms with Gasteiger partial charge in [0, 0.05) is 23.1 Å². The maximum absolute atomic E-state index is 12.3. The summed E-state index contributed by atoms with van der Waals surface area (Å²) in [5, 5.41) is 0. The van der Waals surface area contributed by atoms with E-state index in [0.29, 0.717) is 16.7 Å². The monoisotopic (exact) mass is 359 g/mol. The predicted octanol–water partition coefficient (Wildman–Crippen LogP) is 1.93. The second-order valence-corrected chi connectivity index (χ2v) is 6.94. The summed E-state index contributed by atoms with van der Waals surface area (Å²) in [6, 6.07) is 4.64. The second-order valence-electron chi connectivity index (χ2n) is 4.34. The molecule has 0 saturated carbocycles. The minimum Gasteiger partial charge on any atom is -0.469 e. The molecule has 0 saturated heterocycles. The molecule has 0 aliphatic heterocycles. The first-order valence-corrected chi connectivity index (χ1v) is 8.12. The van der Waals surface area contributed by atoms with Crippen LogP contribution in [0.2, 0.25) is 0 Å². The van der Waals surface area contributed by atoms with E-state index >= 15 is 0 Å². The Kier molecular flexibility index (Phi) is 4.46. The van der Waals surface area contributed by atoms with Crippen LogP contribution in [-0.4, -0.2) is 19.4 Å². The quantitative estimate of drug-likeness (QED) is 0.849. The van der Waals surface area contributed by atoms with Crippen molar-refractivity contribution in [2.24, 2.45) is 0 Å². The number of nitrogen functional groups attached to an aromatic ring is 1. The van der Waals surface area contributed by atoms with Gasteiger partial charge >= 0.3 is 0 Å². The number of halogens is 1. The first-order valence-electron chi connectivity index (χ1n) is 5.84. The Morgan fingerprint density at radius 3 is 2.95 bits per heavy atom. The van der Waals surface area contributed by atoms with Gasteiger partial charge in [-0.15, -0.1) is 0 Å². The number of hydrogen-bond acceptors (Lipinski definition) is 5. The number of aromatic nitrogens is 1. The SMILES string of the molecule is CC(Cc1ccco1)NS(=O)(=O)c1cc(Br)cnc1N. The van der Waals surface area contributed by atoms with Crippen molar-refractivity contribution in [3.8, 4) is 0 Å². The van der Waals surface area contributed by atoms with Crippen molar-refractivity contribution in [3.63, 3.8) is 0 Å². The summed E-state index contributed by atoms with van der Waals surface area (Å²) < 4.78 is 32.8. The van der Waals surface area contributed by atoms with Crippen LogP contribution in [0.5, 0.6) is 0 Å². The molecule has 1 unspecified atom stereocenters. The van der Waals surface area contributed by atoms with Crippen LogP contribution in [0.15, 0.2) is 44.4 Å². The van der Waals surface area contributed by atoms with Crippen molar-refractivity contribution in [2.75, 3.05) is 5.73 Å². The van der Waals surface area contributed by atoms with Crippen molar-refractivity contribution in [1.29, 1.82) is 0 Å². The molecule has 108 valence electrons. The predicted molar refractivity (Wildman–Crippen MR) is 78.5 cm³/mol. The van der Waals surface area contributed by atoms with E-state index in [9.17, 15) is 8.42 Å². The van der Waals surface area contributed by atoms with Crippen LogP contribution >= 0.6 is 15.9 Å². The average molecular weight is 360 g/mol. The van der Waals surface area contributed by atoms with Gasteiger partial charge in [0.15, 0.2) is 0 Å². The zero-order valence-corrected chi connectivity index (χ0v) is 13.1. The molecule has 3 N–H and O–H groups in total. The summed E-state index contributed by atoms with van der Waals surface area (Å²) in [5.74, 6) is 0.673. The van der Waals surface area contributed by atoms with Crippen molar-refractivity contribution in [2.45, 2.75) is 24.3 Å². The second kappa shape index (κ2) is 5.94. The van der Waals surface area contributed by atoms with E-state index in [1.807, 2.05) is 0 Å². The summed E-state index contributed by atoms with van der Waals surface area (Å²) >= 11 is 3.18. The molecule has 2 aromatic rings.